The van der Waals surface area contributed by atoms with Crippen LogP contribution in [0.3, 0.4) is 0 Å². The van der Waals surface area contributed by atoms with Crippen LogP contribution < -0.4 is 4.90 Å². The van der Waals surface area contributed by atoms with Gasteiger partial charge in [0.2, 0.25) is 0 Å². The summed E-state index contributed by atoms with van der Waals surface area (Å²) in [6.07, 6.45) is 2.31. The highest BCUT2D eigenvalue weighted by atomic mass is 15.2. The molecule has 7 aromatic carbocycles. The Labute approximate surface area is 270 Å². The van der Waals surface area contributed by atoms with Crippen LogP contribution in [0.5, 0.6) is 0 Å². The largest absolute Gasteiger partial charge is 0.314 e. The Morgan fingerprint density at radius 2 is 0.848 bits per heavy atom. The van der Waals surface area contributed by atoms with Crippen LogP contribution in [-0.4, -0.2) is 4.57 Å². The maximum Gasteiger partial charge on any atom is 0.0777 e. The highest BCUT2D eigenvalue weighted by Gasteiger charge is 2.21. The third-order valence-electron chi connectivity index (χ3n) is 8.61. The maximum absolute atomic E-state index is 2.37. The summed E-state index contributed by atoms with van der Waals surface area (Å²) in [7, 11) is 0. The number of benzene rings is 7. The molecule has 0 saturated heterocycles. The summed E-state index contributed by atoms with van der Waals surface area (Å²) in [6.45, 7) is 0. The number of nitrogens with zero attached hydrogens (tertiary/aromatic N) is 2. The number of rotatable bonds is 7. The van der Waals surface area contributed by atoms with Crippen LogP contribution in [-0.2, 0) is 0 Å². The van der Waals surface area contributed by atoms with E-state index in [0.29, 0.717) is 0 Å². The minimum absolute atomic E-state index is 1.11. The van der Waals surface area contributed by atoms with Gasteiger partial charge in [-0.3, -0.25) is 0 Å². The summed E-state index contributed by atoms with van der Waals surface area (Å²) in [4.78, 5) is 2.36. The van der Waals surface area contributed by atoms with E-state index in [-0.39, 0.29) is 0 Å². The van der Waals surface area contributed by atoms with Crippen molar-refractivity contribution >= 4 is 28.0 Å². The topological polar surface area (TPSA) is 8.17 Å². The minimum atomic E-state index is 1.11. The Morgan fingerprint density at radius 3 is 1.46 bits per heavy atom. The summed E-state index contributed by atoms with van der Waals surface area (Å²) in [5.74, 6) is 0. The zero-order valence-corrected chi connectivity index (χ0v) is 25.4. The molecule has 218 valence electrons. The second-order valence-electron chi connectivity index (χ2n) is 11.5. The summed E-state index contributed by atoms with van der Waals surface area (Å²) in [6, 6.07) is 66.9. The fourth-order valence-electron chi connectivity index (χ4n) is 6.40. The van der Waals surface area contributed by atoms with E-state index in [9.17, 15) is 0 Å². The molecular weight excluding hydrogens is 556 g/mol. The molecule has 0 atom stereocenters. The van der Waals surface area contributed by atoms with E-state index in [2.05, 4.69) is 204 Å². The van der Waals surface area contributed by atoms with Crippen molar-refractivity contribution in [3.05, 3.63) is 194 Å². The van der Waals surface area contributed by atoms with Crippen LogP contribution in [0.1, 0.15) is 0 Å². The van der Waals surface area contributed by atoms with Crippen molar-refractivity contribution in [1.29, 1.82) is 0 Å². The van der Waals surface area contributed by atoms with Gasteiger partial charge in [0.05, 0.1) is 11.2 Å². The SMILES string of the molecule is c1ccc(-c2ccc(-c3cn(-c4cccc(-c5ccccc5)c4)c4c(N(c5ccccc5)c5ccccc5)cccc34)cc2)cc1. The van der Waals surface area contributed by atoms with Crippen molar-refractivity contribution in [3.63, 3.8) is 0 Å². The lowest BCUT2D eigenvalue weighted by Crippen LogP contribution is -2.11. The molecule has 0 aliphatic carbocycles. The normalized spacial score (nSPS) is 11.0. The van der Waals surface area contributed by atoms with Crippen molar-refractivity contribution < 1.29 is 0 Å². The van der Waals surface area contributed by atoms with Crippen LogP contribution in [0.4, 0.5) is 17.1 Å². The molecule has 2 nitrogen and oxygen atoms in total. The Kier molecular flexibility index (Phi) is 7.22. The van der Waals surface area contributed by atoms with Crippen molar-refractivity contribution in [3.8, 4) is 39.1 Å². The molecule has 0 radical (unpaired) electrons. The molecule has 1 aromatic heterocycles. The summed E-state index contributed by atoms with van der Waals surface area (Å²) in [5, 5.41) is 1.20. The lowest BCUT2D eigenvalue weighted by atomic mass is 9.99. The third kappa shape index (κ3) is 5.16. The molecule has 0 fully saturated rings. The van der Waals surface area contributed by atoms with E-state index in [1.807, 2.05) is 0 Å². The molecule has 8 rings (SSSR count). The van der Waals surface area contributed by atoms with Crippen LogP contribution >= 0.6 is 0 Å². The average molecular weight is 589 g/mol. The number of aromatic nitrogens is 1. The van der Waals surface area contributed by atoms with E-state index < -0.39 is 0 Å². The van der Waals surface area contributed by atoms with Crippen molar-refractivity contribution in [2.24, 2.45) is 0 Å². The predicted octanol–water partition coefficient (Wildman–Crippen LogP) is 12.1. The number of hydrogen-bond acceptors (Lipinski definition) is 1. The van der Waals surface area contributed by atoms with Crippen LogP contribution in [0, 0.1) is 0 Å². The maximum atomic E-state index is 2.37. The highest BCUT2D eigenvalue weighted by Crippen LogP contribution is 2.43. The third-order valence-corrected chi connectivity index (χ3v) is 8.61. The predicted molar refractivity (Wildman–Crippen MR) is 194 cm³/mol. The number of hydrogen-bond donors (Lipinski definition) is 0. The molecule has 0 unspecified atom stereocenters. The van der Waals surface area contributed by atoms with Gasteiger partial charge in [0.25, 0.3) is 0 Å². The monoisotopic (exact) mass is 588 g/mol. The number of para-hydroxylation sites is 3. The number of fused-ring (bicyclic) bond motifs is 1. The van der Waals surface area contributed by atoms with Crippen molar-refractivity contribution in [2.75, 3.05) is 4.90 Å². The molecular formula is C44H32N2. The molecule has 0 aliphatic heterocycles. The van der Waals surface area contributed by atoms with E-state index >= 15 is 0 Å². The highest BCUT2D eigenvalue weighted by molar-refractivity contribution is 6.06. The molecule has 0 amide bonds. The first-order chi connectivity index (χ1) is 22.8. The molecule has 0 bridgehead atoms. The standard InChI is InChI=1S/C44H32N2/c1-5-15-33(16-6-1)35-27-29-36(30-28-35)42-32-45(40-24-13-19-37(31-40)34-17-7-2-8-18-34)44-41(42)25-14-26-43(44)46(38-20-9-3-10-21-38)39-22-11-4-12-23-39/h1-32H. The van der Waals surface area contributed by atoms with E-state index in [1.54, 1.807) is 0 Å². The van der Waals surface area contributed by atoms with Crippen LogP contribution in [0.15, 0.2) is 194 Å². The van der Waals surface area contributed by atoms with E-state index in [0.717, 1.165) is 28.3 Å². The van der Waals surface area contributed by atoms with Gasteiger partial charge < -0.3 is 9.47 Å². The lowest BCUT2D eigenvalue weighted by molar-refractivity contribution is 1.12. The summed E-state index contributed by atoms with van der Waals surface area (Å²) < 4.78 is 2.37. The van der Waals surface area contributed by atoms with Gasteiger partial charge in [-0.2, -0.15) is 0 Å². The first-order valence-corrected chi connectivity index (χ1v) is 15.7. The Morgan fingerprint density at radius 1 is 0.370 bits per heavy atom. The van der Waals surface area contributed by atoms with Crippen LogP contribution in [0.2, 0.25) is 0 Å². The molecule has 0 saturated carbocycles. The zero-order valence-electron chi connectivity index (χ0n) is 25.4. The molecule has 0 N–H and O–H groups in total. The number of anilines is 3. The Balaban J connectivity index is 1.37. The van der Waals surface area contributed by atoms with Gasteiger partial charge in [0, 0.05) is 34.2 Å². The zero-order chi connectivity index (χ0) is 30.7. The Bertz CT molecular complexity index is 2180. The van der Waals surface area contributed by atoms with Gasteiger partial charge >= 0.3 is 0 Å². The van der Waals surface area contributed by atoms with Crippen LogP contribution in [0.25, 0.3) is 50.0 Å². The first-order valence-electron chi connectivity index (χ1n) is 15.7. The summed E-state index contributed by atoms with van der Waals surface area (Å²) in [5.41, 5.74) is 12.8. The van der Waals surface area contributed by atoms with E-state index in [1.165, 1.54) is 38.8 Å². The Hall–Kier alpha value is -6.12. The molecule has 0 aliphatic rings. The lowest BCUT2D eigenvalue weighted by Gasteiger charge is -2.27. The molecule has 8 aromatic rings. The van der Waals surface area contributed by atoms with Gasteiger partial charge in [-0.1, -0.05) is 146 Å². The van der Waals surface area contributed by atoms with Gasteiger partial charge in [-0.15, -0.1) is 0 Å². The van der Waals surface area contributed by atoms with Gasteiger partial charge in [0.15, 0.2) is 0 Å². The van der Waals surface area contributed by atoms with Crippen molar-refractivity contribution in [2.45, 2.75) is 0 Å². The van der Waals surface area contributed by atoms with Gasteiger partial charge in [0.1, 0.15) is 0 Å². The van der Waals surface area contributed by atoms with Gasteiger partial charge in [-0.25, -0.2) is 0 Å². The smallest absolute Gasteiger partial charge is 0.0777 e. The summed E-state index contributed by atoms with van der Waals surface area (Å²) >= 11 is 0. The average Bonchev–Trinajstić information content (AvgIpc) is 3.54. The first kappa shape index (κ1) is 27.4. The minimum Gasteiger partial charge on any atom is -0.314 e. The van der Waals surface area contributed by atoms with Gasteiger partial charge in [-0.05, 0) is 70.3 Å². The molecule has 0 spiro atoms. The quantitative estimate of drug-likeness (QED) is 0.180. The molecule has 1 heterocycles. The van der Waals surface area contributed by atoms with E-state index in [4.69, 9.17) is 0 Å². The fraction of sp³-hybridized carbons (Fsp3) is 0. The molecule has 46 heavy (non-hydrogen) atoms. The fourth-order valence-corrected chi connectivity index (χ4v) is 6.40. The molecule has 2 heteroatoms. The second-order valence-corrected chi connectivity index (χ2v) is 11.5. The van der Waals surface area contributed by atoms with Crippen molar-refractivity contribution in [1.82, 2.24) is 4.57 Å². The second kappa shape index (κ2) is 12.1.